The van der Waals surface area contributed by atoms with Gasteiger partial charge in [0.1, 0.15) is 0 Å². The number of aryl methyl sites for hydroxylation is 1. The standard InChI is InChI=1S/C15H15NO6S/c1-8-2-3-9(15(21)22)6-10(8)16-12(17)7-11(14(16)20)23-5-4-13(18)19/h2-3,6,11H,4-5,7H2,1H3,(H,18,19)(H,21,22). The Morgan fingerprint density at radius 3 is 2.61 bits per heavy atom. The van der Waals surface area contributed by atoms with Crippen LogP contribution >= 0.6 is 11.8 Å². The van der Waals surface area contributed by atoms with Crippen LogP contribution in [0.2, 0.25) is 0 Å². The molecular formula is C15H15NO6S. The van der Waals surface area contributed by atoms with Gasteiger partial charge >= 0.3 is 11.9 Å². The number of anilines is 1. The molecule has 1 atom stereocenters. The summed E-state index contributed by atoms with van der Waals surface area (Å²) in [5, 5.41) is 17.0. The molecule has 1 fully saturated rings. The van der Waals surface area contributed by atoms with E-state index in [1.807, 2.05) is 0 Å². The molecule has 0 saturated carbocycles. The SMILES string of the molecule is Cc1ccc(C(=O)O)cc1N1C(=O)CC(SCCC(=O)O)C1=O. The minimum absolute atomic E-state index is 0.00631. The second-order valence-electron chi connectivity index (χ2n) is 5.08. The lowest BCUT2D eigenvalue weighted by molar-refractivity contribution is -0.136. The van der Waals surface area contributed by atoms with Gasteiger partial charge in [-0.2, -0.15) is 0 Å². The molecule has 122 valence electrons. The molecule has 1 aliphatic heterocycles. The van der Waals surface area contributed by atoms with Crippen molar-refractivity contribution in [1.29, 1.82) is 0 Å². The minimum atomic E-state index is -1.14. The molecular weight excluding hydrogens is 322 g/mol. The van der Waals surface area contributed by atoms with Crippen LogP contribution in [-0.2, 0) is 14.4 Å². The van der Waals surface area contributed by atoms with Gasteiger partial charge in [-0.1, -0.05) is 6.07 Å². The maximum Gasteiger partial charge on any atom is 0.335 e. The summed E-state index contributed by atoms with van der Waals surface area (Å²) in [6.45, 7) is 1.69. The number of carboxylic acids is 2. The summed E-state index contributed by atoms with van der Waals surface area (Å²) in [5.41, 5.74) is 0.877. The molecule has 0 radical (unpaired) electrons. The lowest BCUT2D eigenvalue weighted by atomic mass is 10.1. The van der Waals surface area contributed by atoms with Crippen molar-refractivity contribution in [3.63, 3.8) is 0 Å². The Morgan fingerprint density at radius 2 is 2.00 bits per heavy atom. The van der Waals surface area contributed by atoms with E-state index in [9.17, 15) is 19.2 Å². The van der Waals surface area contributed by atoms with Crippen LogP contribution in [0.15, 0.2) is 18.2 Å². The monoisotopic (exact) mass is 337 g/mol. The van der Waals surface area contributed by atoms with Crippen molar-refractivity contribution in [2.24, 2.45) is 0 Å². The van der Waals surface area contributed by atoms with Gasteiger partial charge in [0, 0.05) is 12.2 Å². The molecule has 1 aromatic carbocycles. The van der Waals surface area contributed by atoms with Gasteiger partial charge in [0.2, 0.25) is 11.8 Å². The fourth-order valence-electron chi connectivity index (χ4n) is 2.26. The average Bonchev–Trinajstić information content (AvgIpc) is 2.74. The molecule has 1 aliphatic rings. The maximum absolute atomic E-state index is 12.4. The third-order valence-corrected chi connectivity index (χ3v) is 4.65. The summed E-state index contributed by atoms with van der Waals surface area (Å²) in [6.07, 6.45) is -0.101. The minimum Gasteiger partial charge on any atom is -0.481 e. The third-order valence-electron chi connectivity index (χ3n) is 3.44. The van der Waals surface area contributed by atoms with Gasteiger partial charge in [0.25, 0.3) is 0 Å². The summed E-state index contributed by atoms with van der Waals surface area (Å²) in [5.74, 6) is -2.71. The van der Waals surface area contributed by atoms with Crippen LogP contribution in [0.3, 0.4) is 0 Å². The number of amides is 2. The molecule has 0 bridgehead atoms. The summed E-state index contributed by atoms with van der Waals surface area (Å²) < 4.78 is 0. The molecule has 2 N–H and O–H groups in total. The quantitative estimate of drug-likeness (QED) is 0.757. The van der Waals surface area contributed by atoms with Crippen LogP contribution in [0.5, 0.6) is 0 Å². The number of imide groups is 1. The van der Waals surface area contributed by atoms with Crippen molar-refractivity contribution in [1.82, 2.24) is 0 Å². The van der Waals surface area contributed by atoms with E-state index in [1.165, 1.54) is 12.1 Å². The van der Waals surface area contributed by atoms with E-state index in [0.29, 0.717) is 5.56 Å². The largest absolute Gasteiger partial charge is 0.481 e. The van der Waals surface area contributed by atoms with Crippen molar-refractivity contribution < 1.29 is 29.4 Å². The van der Waals surface area contributed by atoms with Crippen LogP contribution in [0.1, 0.15) is 28.8 Å². The molecule has 7 nitrogen and oxygen atoms in total. The number of aromatic carboxylic acids is 1. The van der Waals surface area contributed by atoms with E-state index in [1.54, 1.807) is 13.0 Å². The van der Waals surface area contributed by atoms with Gasteiger partial charge in [0.15, 0.2) is 0 Å². The van der Waals surface area contributed by atoms with E-state index < -0.39 is 29.0 Å². The Kier molecular flexibility index (Phi) is 5.05. The summed E-state index contributed by atoms with van der Waals surface area (Å²) >= 11 is 1.13. The maximum atomic E-state index is 12.4. The Balaban J connectivity index is 2.21. The highest BCUT2D eigenvalue weighted by Gasteiger charge is 2.40. The molecule has 8 heteroatoms. The zero-order chi connectivity index (χ0) is 17.1. The van der Waals surface area contributed by atoms with E-state index >= 15 is 0 Å². The first-order chi connectivity index (χ1) is 10.8. The second kappa shape index (κ2) is 6.82. The van der Waals surface area contributed by atoms with Gasteiger partial charge in [-0.15, -0.1) is 11.8 Å². The Bertz CT molecular complexity index is 687. The first-order valence-electron chi connectivity index (χ1n) is 6.85. The molecule has 23 heavy (non-hydrogen) atoms. The van der Waals surface area contributed by atoms with Gasteiger partial charge in [-0.3, -0.25) is 14.4 Å². The van der Waals surface area contributed by atoms with Gasteiger partial charge in [-0.25, -0.2) is 9.69 Å². The van der Waals surface area contributed by atoms with E-state index in [0.717, 1.165) is 16.7 Å². The number of carbonyl (C=O) groups is 4. The zero-order valence-electron chi connectivity index (χ0n) is 12.3. The number of hydrogen-bond acceptors (Lipinski definition) is 5. The molecule has 1 heterocycles. The van der Waals surface area contributed by atoms with E-state index in [-0.39, 0.29) is 29.8 Å². The molecule has 0 aromatic heterocycles. The number of aliphatic carboxylic acids is 1. The molecule has 0 spiro atoms. The molecule has 1 aromatic rings. The molecule has 1 saturated heterocycles. The Labute approximate surface area is 136 Å². The van der Waals surface area contributed by atoms with Gasteiger partial charge < -0.3 is 10.2 Å². The summed E-state index contributed by atoms with van der Waals surface area (Å²) in [6, 6.07) is 4.26. The highest BCUT2D eigenvalue weighted by atomic mass is 32.2. The lowest BCUT2D eigenvalue weighted by Gasteiger charge is -2.18. The predicted octanol–water partition coefficient (Wildman–Crippen LogP) is 1.53. The first kappa shape index (κ1) is 17.0. The van der Waals surface area contributed by atoms with E-state index in [2.05, 4.69) is 0 Å². The molecule has 2 amide bonds. The number of thioether (sulfide) groups is 1. The van der Waals surface area contributed by atoms with Crippen LogP contribution in [-0.4, -0.2) is 45.0 Å². The topological polar surface area (TPSA) is 112 Å². The van der Waals surface area contributed by atoms with Crippen LogP contribution in [0, 0.1) is 6.92 Å². The van der Waals surface area contributed by atoms with Crippen molar-refractivity contribution in [3.8, 4) is 0 Å². The number of carbonyl (C=O) groups excluding carboxylic acids is 2. The van der Waals surface area contributed by atoms with Crippen LogP contribution in [0.25, 0.3) is 0 Å². The third kappa shape index (κ3) is 3.70. The predicted molar refractivity (Wildman–Crippen MR) is 83.7 cm³/mol. The van der Waals surface area contributed by atoms with Crippen molar-refractivity contribution >= 4 is 41.2 Å². The zero-order valence-corrected chi connectivity index (χ0v) is 13.1. The highest BCUT2D eigenvalue weighted by molar-refractivity contribution is 8.00. The van der Waals surface area contributed by atoms with Gasteiger partial charge in [0.05, 0.1) is 22.9 Å². The normalized spacial score (nSPS) is 17.6. The number of rotatable bonds is 6. The van der Waals surface area contributed by atoms with Crippen LogP contribution in [0.4, 0.5) is 5.69 Å². The first-order valence-corrected chi connectivity index (χ1v) is 7.90. The summed E-state index contributed by atoms with van der Waals surface area (Å²) in [4.78, 5) is 47.2. The smallest absolute Gasteiger partial charge is 0.335 e. The number of nitrogens with zero attached hydrogens (tertiary/aromatic N) is 1. The van der Waals surface area contributed by atoms with Crippen molar-refractivity contribution in [2.45, 2.75) is 25.0 Å². The van der Waals surface area contributed by atoms with Gasteiger partial charge in [-0.05, 0) is 24.6 Å². The molecule has 2 rings (SSSR count). The Morgan fingerprint density at radius 1 is 1.30 bits per heavy atom. The second-order valence-corrected chi connectivity index (χ2v) is 6.39. The number of hydrogen-bond donors (Lipinski definition) is 2. The average molecular weight is 337 g/mol. The lowest BCUT2D eigenvalue weighted by Crippen LogP contribution is -2.32. The number of benzene rings is 1. The summed E-state index contributed by atoms with van der Waals surface area (Å²) in [7, 11) is 0. The van der Waals surface area contributed by atoms with Crippen LogP contribution < -0.4 is 4.90 Å². The molecule has 0 aliphatic carbocycles. The highest BCUT2D eigenvalue weighted by Crippen LogP contribution is 2.32. The van der Waals surface area contributed by atoms with Crippen molar-refractivity contribution in [2.75, 3.05) is 10.7 Å². The van der Waals surface area contributed by atoms with E-state index in [4.69, 9.17) is 10.2 Å². The number of carboxylic acid groups (broad SMARTS) is 2. The fraction of sp³-hybridized carbons (Fsp3) is 0.333. The molecule has 1 unspecified atom stereocenters. The van der Waals surface area contributed by atoms with Crippen molar-refractivity contribution in [3.05, 3.63) is 29.3 Å². The Hall–Kier alpha value is -2.35. The fourth-order valence-corrected chi connectivity index (χ4v) is 3.34.